The minimum Gasteiger partial charge on any atom is -0.393 e. The average Bonchev–Trinajstić information content (AvgIpc) is 3.17. The first-order valence-corrected chi connectivity index (χ1v) is 9.89. The number of carbonyl (C=O) groups is 1. The minimum absolute atomic E-state index is 0.0780. The van der Waals surface area contributed by atoms with E-state index in [1.165, 1.54) is 19.3 Å². The summed E-state index contributed by atoms with van der Waals surface area (Å²) in [7, 11) is 1.54. The smallest absolute Gasteiger partial charge is 0.144 e. The third kappa shape index (κ3) is 1.72. The number of methoxy groups -OCH3 is 1. The number of hydrogen-bond acceptors (Lipinski definition) is 5. The molecule has 4 saturated carbocycles. The van der Waals surface area contributed by atoms with Crippen LogP contribution in [0.15, 0.2) is 0 Å². The Hall–Kier alpha value is -0.490. The predicted octanol–water partition coefficient (Wildman–Crippen LogP) is 1.69. The van der Waals surface area contributed by atoms with Gasteiger partial charge in [0.1, 0.15) is 17.5 Å². The van der Waals surface area contributed by atoms with Gasteiger partial charge in [-0.15, -0.1) is 0 Å². The van der Waals surface area contributed by atoms with Crippen LogP contribution in [0.25, 0.3) is 0 Å². The van der Waals surface area contributed by atoms with Crippen molar-refractivity contribution >= 4 is 5.78 Å². The molecule has 0 aromatic heterocycles. The van der Waals surface area contributed by atoms with E-state index in [0.29, 0.717) is 11.8 Å². The lowest BCUT2D eigenvalue weighted by Crippen LogP contribution is -2.70. The molecule has 4 aliphatic carbocycles. The van der Waals surface area contributed by atoms with Crippen molar-refractivity contribution < 1.29 is 24.5 Å². The highest BCUT2D eigenvalue weighted by Crippen LogP contribution is 2.72. The number of aliphatic hydroxyl groups is 2. The van der Waals surface area contributed by atoms with E-state index in [0.717, 1.165) is 12.8 Å². The number of rotatable bonds is 1. The summed E-state index contributed by atoms with van der Waals surface area (Å²) < 4.78 is 11.5. The average molecular weight is 350 g/mol. The van der Waals surface area contributed by atoms with Gasteiger partial charge >= 0.3 is 0 Å². The van der Waals surface area contributed by atoms with Crippen LogP contribution in [0.4, 0.5) is 0 Å². The number of fused-ring (bicyclic) bond motifs is 4. The summed E-state index contributed by atoms with van der Waals surface area (Å²) in [5, 5.41) is 22.1. The summed E-state index contributed by atoms with van der Waals surface area (Å²) in [6, 6.07) is 0. The molecule has 2 N–H and O–H groups in total. The van der Waals surface area contributed by atoms with Gasteiger partial charge in [0.15, 0.2) is 0 Å². The van der Waals surface area contributed by atoms with Gasteiger partial charge in [-0.1, -0.05) is 13.3 Å². The van der Waals surface area contributed by atoms with Crippen LogP contribution in [0.5, 0.6) is 0 Å². The Balaban J connectivity index is 1.60. The molecular weight excluding hydrogens is 320 g/mol. The topological polar surface area (TPSA) is 79.3 Å². The largest absolute Gasteiger partial charge is 0.393 e. The van der Waals surface area contributed by atoms with Gasteiger partial charge in [-0.05, 0) is 49.9 Å². The van der Waals surface area contributed by atoms with Gasteiger partial charge in [0, 0.05) is 19.4 Å². The SMILES string of the molecule is COC1CC(=O)C2(C)C3C(O)CC4(C)CCCC4C3CC3OC32C1O. The second kappa shape index (κ2) is 4.86. The highest BCUT2D eigenvalue weighted by Gasteiger charge is 2.83. The number of hydrogen-bond donors (Lipinski definition) is 2. The highest BCUT2D eigenvalue weighted by atomic mass is 16.6. The summed E-state index contributed by atoms with van der Waals surface area (Å²) in [5.74, 6) is 0.868. The third-order valence-corrected chi connectivity index (χ3v) is 9.01. The number of epoxide rings is 1. The maximum absolute atomic E-state index is 13.3. The van der Waals surface area contributed by atoms with Crippen molar-refractivity contribution in [2.24, 2.45) is 28.6 Å². The molecule has 0 radical (unpaired) electrons. The van der Waals surface area contributed by atoms with Gasteiger partial charge in [0.2, 0.25) is 0 Å². The zero-order valence-corrected chi connectivity index (χ0v) is 15.4. The zero-order valence-electron chi connectivity index (χ0n) is 15.4. The normalized spacial score (nSPS) is 62.6. The quantitative estimate of drug-likeness (QED) is 0.704. The molecule has 0 bridgehead atoms. The summed E-state index contributed by atoms with van der Waals surface area (Å²) >= 11 is 0. The Labute approximate surface area is 149 Å². The molecule has 10 unspecified atom stereocenters. The molecular formula is C20H30O5. The van der Waals surface area contributed by atoms with E-state index in [2.05, 4.69) is 6.92 Å². The van der Waals surface area contributed by atoms with Crippen molar-refractivity contribution in [2.45, 2.75) is 82.4 Å². The fourth-order valence-electron chi connectivity index (χ4n) is 7.86. The van der Waals surface area contributed by atoms with Gasteiger partial charge in [-0.3, -0.25) is 4.79 Å². The van der Waals surface area contributed by atoms with Crippen molar-refractivity contribution in [3.8, 4) is 0 Å². The van der Waals surface area contributed by atoms with Crippen LogP contribution in [0, 0.1) is 28.6 Å². The molecule has 25 heavy (non-hydrogen) atoms. The molecule has 5 nitrogen and oxygen atoms in total. The van der Waals surface area contributed by atoms with E-state index in [9.17, 15) is 15.0 Å². The molecule has 1 saturated heterocycles. The number of carbonyl (C=O) groups excluding carboxylic acids is 1. The zero-order chi connectivity index (χ0) is 17.8. The van der Waals surface area contributed by atoms with Crippen LogP contribution in [0.1, 0.15) is 52.4 Å². The lowest BCUT2D eigenvalue weighted by molar-refractivity contribution is -0.198. The second-order valence-electron chi connectivity index (χ2n) is 9.80. The molecule has 10 atom stereocenters. The van der Waals surface area contributed by atoms with Crippen LogP contribution in [-0.4, -0.2) is 53.1 Å². The predicted molar refractivity (Wildman–Crippen MR) is 89.8 cm³/mol. The molecule has 5 aliphatic rings. The molecule has 1 spiro atoms. The van der Waals surface area contributed by atoms with Crippen LogP contribution in [0.3, 0.4) is 0 Å². The van der Waals surface area contributed by atoms with Gasteiger partial charge in [0.05, 0.1) is 23.7 Å². The van der Waals surface area contributed by atoms with E-state index in [4.69, 9.17) is 9.47 Å². The molecule has 1 aliphatic heterocycles. The molecule has 0 aromatic carbocycles. The molecule has 5 heteroatoms. The molecule has 5 fully saturated rings. The Morgan fingerprint density at radius 1 is 1.28 bits per heavy atom. The number of ketones is 1. The van der Waals surface area contributed by atoms with Gasteiger partial charge in [-0.2, -0.15) is 0 Å². The first-order chi connectivity index (χ1) is 11.8. The lowest BCUT2D eigenvalue weighted by atomic mass is 9.43. The Morgan fingerprint density at radius 2 is 2.04 bits per heavy atom. The summed E-state index contributed by atoms with van der Waals surface area (Å²) in [6.45, 7) is 4.28. The molecule has 0 aromatic rings. The van der Waals surface area contributed by atoms with Crippen molar-refractivity contribution in [2.75, 3.05) is 7.11 Å². The fourth-order valence-corrected chi connectivity index (χ4v) is 7.86. The van der Waals surface area contributed by atoms with Gasteiger partial charge < -0.3 is 19.7 Å². The van der Waals surface area contributed by atoms with Crippen LogP contribution >= 0.6 is 0 Å². The maximum atomic E-state index is 13.3. The fraction of sp³-hybridized carbons (Fsp3) is 0.950. The second-order valence-corrected chi connectivity index (χ2v) is 9.80. The van der Waals surface area contributed by atoms with E-state index >= 15 is 0 Å². The maximum Gasteiger partial charge on any atom is 0.144 e. The molecule has 5 rings (SSSR count). The van der Waals surface area contributed by atoms with Crippen molar-refractivity contribution in [1.29, 1.82) is 0 Å². The van der Waals surface area contributed by atoms with Crippen molar-refractivity contribution in [1.82, 2.24) is 0 Å². The standard InChI is InChI=1S/C20H30O5/c1-18-6-4-5-11(18)10-7-15-20(25-15)17(23)13(24-3)8-14(22)19(20,2)16(10)12(21)9-18/h10-13,15-17,21,23H,4-9H2,1-3H3. The number of ether oxygens (including phenoxy) is 2. The van der Waals surface area contributed by atoms with E-state index in [-0.39, 0.29) is 29.6 Å². The number of Topliss-reactive ketones (excluding diaryl/α,β-unsaturated/α-hetero) is 1. The molecule has 0 amide bonds. The summed E-state index contributed by atoms with van der Waals surface area (Å²) in [6.07, 6.45) is 3.55. The van der Waals surface area contributed by atoms with Crippen LogP contribution in [-0.2, 0) is 14.3 Å². The van der Waals surface area contributed by atoms with E-state index in [1.807, 2.05) is 6.92 Å². The monoisotopic (exact) mass is 350 g/mol. The summed E-state index contributed by atoms with van der Waals surface area (Å²) in [4.78, 5) is 13.3. The lowest BCUT2D eigenvalue weighted by Gasteiger charge is -2.60. The first-order valence-electron chi connectivity index (χ1n) is 9.89. The van der Waals surface area contributed by atoms with Crippen LogP contribution < -0.4 is 0 Å². The van der Waals surface area contributed by atoms with Crippen molar-refractivity contribution in [3.63, 3.8) is 0 Å². The molecule has 140 valence electrons. The Bertz CT molecular complexity index is 621. The van der Waals surface area contributed by atoms with Gasteiger partial charge in [0.25, 0.3) is 0 Å². The third-order valence-electron chi connectivity index (χ3n) is 9.01. The van der Waals surface area contributed by atoms with Crippen LogP contribution in [0.2, 0.25) is 0 Å². The minimum atomic E-state index is -0.850. The Morgan fingerprint density at radius 3 is 2.76 bits per heavy atom. The Kier molecular flexibility index (Phi) is 3.24. The highest BCUT2D eigenvalue weighted by molar-refractivity contribution is 5.89. The number of aliphatic hydroxyl groups excluding tert-OH is 2. The summed E-state index contributed by atoms with van der Waals surface area (Å²) in [5.41, 5.74) is -1.47. The van der Waals surface area contributed by atoms with Gasteiger partial charge in [-0.25, -0.2) is 0 Å². The van der Waals surface area contributed by atoms with E-state index < -0.39 is 29.3 Å². The van der Waals surface area contributed by atoms with Crippen molar-refractivity contribution in [3.05, 3.63) is 0 Å². The molecule has 1 heterocycles. The van der Waals surface area contributed by atoms with E-state index in [1.54, 1.807) is 7.11 Å². The first kappa shape index (κ1) is 16.7.